The first-order valence-electron chi connectivity index (χ1n) is 12.6. The second-order valence-corrected chi connectivity index (χ2v) is 11.4. The molecule has 200 valence electrons. The molecule has 2 heterocycles. The maximum atomic E-state index is 12.9. The molecule has 1 unspecified atom stereocenters. The van der Waals surface area contributed by atoms with Gasteiger partial charge in [-0.25, -0.2) is 22.8 Å². The van der Waals surface area contributed by atoms with Crippen molar-refractivity contribution in [1.82, 2.24) is 20.4 Å². The third-order valence-corrected chi connectivity index (χ3v) is 8.98. The number of nitrogens with zero attached hydrogens (tertiary/aromatic N) is 3. The van der Waals surface area contributed by atoms with E-state index in [9.17, 15) is 12.8 Å². The zero-order valence-corrected chi connectivity index (χ0v) is 22.5. The largest absolute Gasteiger partial charge is 0.382 e. The lowest BCUT2D eigenvalue weighted by atomic mass is 10.1. The highest BCUT2D eigenvalue weighted by atomic mass is 32.2. The Balaban J connectivity index is 1.55. The minimum Gasteiger partial charge on any atom is -0.382 e. The van der Waals surface area contributed by atoms with Crippen LogP contribution in [0.2, 0.25) is 0 Å². The van der Waals surface area contributed by atoms with Gasteiger partial charge in [0.05, 0.1) is 22.0 Å². The quantitative estimate of drug-likeness (QED) is 0.259. The van der Waals surface area contributed by atoms with E-state index in [2.05, 4.69) is 20.4 Å². The van der Waals surface area contributed by atoms with Crippen molar-refractivity contribution >= 4 is 15.7 Å². The van der Waals surface area contributed by atoms with Crippen LogP contribution in [0.15, 0.2) is 70.2 Å². The van der Waals surface area contributed by atoms with Crippen LogP contribution in [0, 0.1) is 0 Å². The van der Waals surface area contributed by atoms with Gasteiger partial charge in [0.15, 0.2) is 27.1 Å². The Bertz CT molecular complexity index is 1470. The Morgan fingerprint density at radius 1 is 1.00 bits per heavy atom. The number of aromatic nitrogens is 3. The zero-order valence-electron chi connectivity index (χ0n) is 21.7. The van der Waals surface area contributed by atoms with Crippen LogP contribution in [0.5, 0.6) is 0 Å². The van der Waals surface area contributed by atoms with E-state index in [1.807, 2.05) is 38.1 Å². The van der Waals surface area contributed by atoms with Crippen molar-refractivity contribution in [2.24, 2.45) is 0 Å². The van der Waals surface area contributed by atoms with E-state index in [1.165, 1.54) is 6.20 Å². The van der Waals surface area contributed by atoms with Crippen molar-refractivity contribution in [3.63, 3.8) is 0 Å². The molecule has 0 fully saturated rings. The van der Waals surface area contributed by atoms with E-state index in [-0.39, 0.29) is 16.8 Å². The maximum Gasteiger partial charge on any atom is 0.189 e. The number of rotatable bonds is 11. The average molecular weight is 538 g/mol. The fourth-order valence-electron chi connectivity index (χ4n) is 4.12. The number of hydrogen-bond acceptors (Lipinski definition) is 8. The first-order valence-corrected chi connectivity index (χ1v) is 14.1. The summed E-state index contributed by atoms with van der Waals surface area (Å²) in [5.74, 6) is 0.551. The smallest absolute Gasteiger partial charge is 0.189 e. The highest BCUT2D eigenvalue weighted by Gasteiger charge is 2.24. The van der Waals surface area contributed by atoms with Crippen LogP contribution < -0.4 is 11.1 Å². The van der Waals surface area contributed by atoms with E-state index in [0.717, 1.165) is 11.1 Å². The van der Waals surface area contributed by atoms with Crippen molar-refractivity contribution in [3.05, 3.63) is 66.4 Å². The molecular weight excluding hydrogens is 505 g/mol. The second-order valence-electron chi connectivity index (χ2n) is 9.21. The molecule has 4 aromatic rings. The Morgan fingerprint density at radius 3 is 2.26 bits per heavy atom. The maximum absolute atomic E-state index is 12.9. The second kappa shape index (κ2) is 11.8. The van der Waals surface area contributed by atoms with Gasteiger partial charge in [-0.1, -0.05) is 55.4 Å². The Labute approximate surface area is 222 Å². The van der Waals surface area contributed by atoms with Gasteiger partial charge < -0.3 is 15.6 Å². The molecule has 2 aromatic heterocycles. The summed E-state index contributed by atoms with van der Waals surface area (Å²) in [6, 6.07) is 15.9. The minimum atomic E-state index is -3.39. The van der Waals surface area contributed by atoms with Gasteiger partial charge >= 0.3 is 0 Å². The molecule has 38 heavy (non-hydrogen) atoms. The summed E-state index contributed by atoms with van der Waals surface area (Å²) in [5.41, 5.74) is 10.2. The summed E-state index contributed by atoms with van der Waals surface area (Å²) in [4.78, 5) is 9.19. The fourth-order valence-corrected chi connectivity index (χ4v) is 5.90. The lowest BCUT2D eigenvalue weighted by Gasteiger charge is -2.14. The summed E-state index contributed by atoms with van der Waals surface area (Å²) in [6.45, 7) is 5.70. The number of anilines is 1. The predicted octanol–water partition coefficient (Wildman–Crippen LogP) is 5.46. The summed E-state index contributed by atoms with van der Waals surface area (Å²) >= 11 is 0. The van der Waals surface area contributed by atoms with Crippen LogP contribution in [0.3, 0.4) is 0 Å². The first-order chi connectivity index (χ1) is 18.3. The zero-order chi connectivity index (χ0) is 27.3. The van der Waals surface area contributed by atoms with Crippen molar-refractivity contribution in [2.45, 2.75) is 56.3 Å². The van der Waals surface area contributed by atoms with E-state index < -0.39 is 21.8 Å². The highest BCUT2D eigenvalue weighted by Crippen LogP contribution is 2.30. The van der Waals surface area contributed by atoms with Crippen molar-refractivity contribution in [1.29, 1.82) is 0 Å². The van der Waals surface area contributed by atoms with Crippen molar-refractivity contribution in [3.8, 4) is 34.0 Å². The Hall–Kier alpha value is -3.63. The normalized spacial score (nSPS) is 12.7. The number of nitrogens with one attached hydrogen (secondary N) is 1. The number of sulfone groups is 1. The number of nitrogens with two attached hydrogens (primary N) is 1. The third-order valence-electron chi connectivity index (χ3n) is 6.51. The molecular formula is C28H32FN5O3S. The predicted molar refractivity (Wildman–Crippen MR) is 147 cm³/mol. The van der Waals surface area contributed by atoms with E-state index in [1.54, 1.807) is 37.3 Å². The molecule has 4 rings (SSSR count). The number of hydrogen-bond donors (Lipinski definition) is 2. The van der Waals surface area contributed by atoms with Crippen molar-refractivity contribution in [2.75, 3.05) is 12.4 Å². The number of nitrogen functional groups attached to an aromatic ring is 1. The Kier molecular flexibility index (Phi) is 8.53. The molecule has 0 aliphatic rings. The van der Waals surface area contributed by atoms with Crippen molar-refractivity contribution < 1.29 is 17.3 Å². The first kappa shape index (κ1) is 27.4. The van der Waals surface area contributed by atoms with Crippen LogP contribution in [0.25, 0.3) is 34.0 Å². The van der Waals surface area contributed by atoms with E-state index >= 15 is 0 Å². The molecule has 0 spiro atoms. The molecule has 0 aliphatic heterocycles. The lowest BCUT2D eigenvalue weighted by Crippen LogP contribution is -2.27. The van der Waals surface area contributed by atoms with Crippen LogP contribution in [0.4, 0.5) is 10.2 Å². The molecule has 2 aromatic carbocycles. The molecule has 10 heteroatoms. The van der Waals surface area contributed by atoms with Gasteiger partial charge in [-0.2, -0.15) is 0 Å². The van der Waals surface area contributed by atoms with Gasteiger partial charge in [-0.3, -0.25) is 0 Å². The molecule has 0 radical (unpaired) electrons. The fraction of sp³-hybridized carbons (Fsp3) is 0.321. The monoisotopic (exact) mass is 537 g/mol. The number of alkyl halides is 1. The van der Waals surface area contributed by atoms with Crippen LogP contribution in [0.1, 0.15) is 39.2 Å². The van der Waals surface area contributed by atoms with Crippen LogP contribution >= 0.6 is 0 Å². The Morgan fingerprint density at radius 2 is 1.63 bits per heavy atom. The van der Waals surface area contributed by atoms with Gasteiger partial charge in [0.25, 0.3) is 0 Å². The SMILES string of the molecule is CCC(CC)S(=O)(=O)c1ccc(-c2cnc(N)c(-c3cc(-c4ccc(CNC(C)CF)cc4)no3)n2)cc1. The average Bonchev–Trinajstić information content (AvgIpc) is 3.43. The topological polar surface area (TPSA) is 124 Å². The van der Waals surface area contributed by atoms with Gasteiger partial charge in [0, 0.05) is 29.8 Å². The lowest BCUT2D eigenvalue weighted by molar-refractivity contribution is 0.391. The minimum absolute atomic E-state index is 0.188. The molecule has 8 nitrogen and oxygen atoms in total. The third kappa shape index (κ3) is 5.92. The van der Waals surface area contributed by atoms with Gasteiger partial charge in [0.1, 0.15) is 12.4 Å². The van der Waals surface area contributed by atoms with Crippen LogP contribution in [-0.4, -0.2) is 41.5 Å². The van der Waals surface area contributed by atoms with E-state index in [0.29, 0.717) is 47.8 Å². The summed E-state index contributed by atoms with van der Waals surface area (Å²) in [5, 5.41) is 6.87. The van der Waals surface area contributed by atoms with Gasteiger partial charge in [-0.15, -0.1) is 0 Å². The molecule has 1 atom stereocenters. The van der Waals surface area contributed by atoms with E-state index in [4.69, 9.17) is 10.3 Å². The number of benzene rings is 2. The molecule has 0 aliphatic carbocycles. The van der Waals surface area contributed by atoms with Gasteiger partial charge in [0.2, 0.25) is 0 Å². The number of halogens is 1. The molecule has 3 N–H and O–H groups in total. The van der Waals surface area contributed by atoms with Crippen LogP contribution in [-0.2, 0) is 16.4 Å². The molecule has 0 bridgehead atoms. The highest BCUT2D eigenvalue weighted by molar-refractivity contribution is 7.92. The standard InChI is InChI=1S/C28H32FN5O3S/c1-4-22(5-2)38(35,36)23-12-10-21(11-13-23)25-17-32-28(30)27(33-25)26-14-24(34-37-26)20-8-6-19(7-9-20)16-31-18(3)15-29/h6-14,17-18,22,31H,4-5,15-16H2,1-3H3,(H2,30,32). The molecule has 0 saturated heterocycles. The summed E-state index contributed by atoms with van der Waals surface area (Å²) in [7, 11) is -3.39. The summed E-state index contributed by atoms with van der Waals surface area (Å²) in [6.07, 6.45) is 2.67. The molecule has 0 amide bonds. The summed E-state index contributed by atoms with van der Waals surface area (Å²) < 4.78 is 43.9. The van der Waals surface area contributed by atoms with Gasteiger partial charge in [-0.05, 0) is 37.5 Å². The molecule has 0 saturated carbocycles.